The Hall–Kier alpha value is -0.520. The van der Waals surface area contributed by atoms with E-state index in [1.165, 1.54) is 41.5 Å². The zero-order valence-electron chi connectivity index (χ0n) is 11.3. The maximum atomic E-state index is 10.9. The monoisotopic (exact) mass is 299 g/mol. The second-order valence-electron chi connectivity index (χ2n) is 5.01. The van der Waals surface area contributed by atoms with Crippen molar-refractivity contribution in [2.45, 2.75) is 24.2 Å². The van der Waals surface area contributed by atoms with Crippen LogP contribution in [0.4, 0.5) is 0 Å². The molecule has 2 rings (SSSR count). The minimum absolute atomic E-state index is 0.219. The van der Waals surface area contributed by atoms with Crippen LogP contribution in [0.1, 0.15) is 17.5 Å². The Bertz CT molecular complexity index is 526. The number of hydrogen-bond donors (Lipinski definition) is 1. The topological polar surface area (TPSA) is 46.2 Å². The van der Waals surface area contributed by atoms with E-state index in [0.717, 1.165) is 12.3 Å². The first-order valence-electron chi connectivity index (χ1n) is 6.68. The van der Waals surface area contributed by atoms with Gasteiger partial charge in [0.05, 0.1) is 5.75 Å². The molecule has 0 amide bonds. The molecular weight excluding hydrogens is 278 g/mol. The second-order valence-corrected chi connectivity index (χ2v) is 8.44. The molecular formula is C14H21NO2S2. The highest BCUT2D eigenvalue weighted by molar-refractivity contribution is 7.99. The zero-order valence-corrected chi connectivity index (χ0v) is 12.9. The van der Waals surface area contributed by atoms with Crippen LogP contribution in [0, 0.1) is 0 Å². The largest absolute Gasteiger partial charge is 0.315 e. The van der Waals surface area contributed by atoms with Gasteiger partial charge < -0.3 is 5.32 Å². The Balaban J connectivity index is 1.66. The fraction of sp³-hybridized carbons (Fsp3) is 0.571. The number of aryl methyl sites for hydroxylation is 2. The van der Waals surface area contributed by atoms with Gasteiger partial charge in [-0.05, 0) is 42.5 Å². The molecule has 0 spiro atoms. The summed E-state index contributed by atoms with van der Waals surface area (Å²) in [5.41, 5.74) is 3.02. The minimum Gasteiger partial charge on any atom is -0.315 e. The van der Waals surface area contributed by atoms with Gasteiger partial charge in [0.2, 0.25) is 0 Å². The third kappa shape index (κ3) is 5.16. The number of benzene rings is 1. The molecule has 0 fully saturated rings. The molecule has 1 aromatic carbocycles. The highest BCUT2D eigenvalue weighted by Crippen LogP contribution is 2.27. The first-order valence-corrected chi connectivity index (χ1v) is 9.72. The molecule has 1 aliphatic rings. The van der Waals surface area contributed by atoms with E-state index in [-0.39, 0.29) is 5.75 Å². The van der Waals surface area contributed by atoms with Crippen molar-refractivity contribution < 1.29 is 8.42 Å². The maximum Gasteiger partial charge on any atom is 0.148 e. The minimum atomic E-state index is -2.84. The number of nitrogens with one attached hydrogen (secondary N) is 1. The summed E-state index contributed by atoms with van der Waals surface area (Å²) in [5.74, 6) is 1.19. The van der Waals surface area contributed by atoms with Crippen molar-refractivity contribution in [3.05, 3.63) is 29.3 Å². The van der Waals surface area contributed by atoms with E-state index in [4.69, 9.17) is 0 Å². The first-order chi connectivity index (χ1) is 9.04. The van der Waals surface area contributed by atoms with E-state index >= 15 is 0 Å². The number of rotatable bonds is 7. The van der Waals surface area contributed by atoms with Crippen LogP contribution in [0.5, 0.6) is 0 Å². The number of hydrogen-bond acceptors (Lipinski definition) is 4. The number of sulfone groups is 1. The van der Waals surface area contributed by atoms with Crippen LogP contribution in [-0.2, 0) is 22.7 Å². The van der Waals surface area contributed by atoms with Crippen LogP contribution < -0.4 is 5.32 Å². The average molecular weight is 299 g/mol. The zero-order chi connectivity index (χ0) is 13.7. The summed E-state index contributed by atoms with van der Waals surface area (Å²) in [6.07, 6.45) is 5.01. The van der Waals surface area contributed by atoms with Crippen molar-refractivity contribution in [3.63, 3.8) is 0 Å². The summed E-state index contributed by atoms with van der Waals surface area (Å²) in [4.78, 5) is 1.32. The lowest BCUT2D eigenvalue weighted by molar-refractivity contribution is 0.598. The van der Waals surface area contributed by atoms with E-state index in [9.17, 15) is 8.42 Å². The molecule has 0 aromatic heterocycles. The van der Waals surface area contributed by atoms with Gasteiger partial charge in [-0.15, -0.1) is 11.8 Å². The molecule has 0 aliphatic heterocycles. The molecule has 0 unspecified atom stereocenters. The van der Waals surface area contributed by atoms with Crippen LogP contribution in [0.15, 0.2) is 23.1 Å². The number of thioether (sulfide) groups is 1. The Kier molecular flexibility index (Phi) is 5.30. The lowest BCUT2D eigenvalue weighted by Crippen LogP contribution is -2.24. The van der Waals surface area contributed by atoms with Gasteiger partial charge in [0.25, 0.3) is 0 Å². The van der Waals surface area contributed by atoms with Gasteiger partial charge in [-0.25, -0.2) is 8.42 Å². The third-order valence-corrected chi connectivity index (χ3v) is 5.21. The molecule has 19 heavy (non-hydrogen) atoms. The Labute approximate surface area is 120 Å². The van der Waals surface area contributed by atoms with E-state index in [2.05, 4.69) is 23.5 Å². The smallest absolute Gasteiger partial charge is 0.148 e. The molecule has 0 radical (unpaired) electrons. The summed E-state index contributed by atoms with van der Waals surface area (Å²) in [7, 11) is -2.84. The van der Waals surface area contributed by atoms with Crippen molar-refractivity contribution in [1.29, 1.82) is 0 Å². The SMILES string of the molecule is CS(=O)(=O)CCNCCSc1ccc2c(c1)CCC2. The van der Waals surface area contributed by atoms with Crippen molar-refractivity contribution in [1.82, 2.24) is 5.32 Å². The molecule has 0 bridgehead atoms. The Morgan fingerprint density at radius 3 is 2.79 bits per heavy atom. The average Bonchev–Trinajstić information content (AvgIpc) is 2.79. The van der Waals surface area contributed by atoms with Crippen molar-refractivity contribution in [2.24, 2.45) is 0 Å². The van der Waals surface area contributed by atoms with Gasteiger partial charge in [0.1, 0.15) is 9.84 Å². The highest BCUT2D eigenvalue weighted by Gasteiger charge is 2.10. The molecule has 0 saturated carbocycles. The van der Waals surface area contributed by atoms with Gasteiger partial charge in [-0.1, -0.05) is 6.07 Å². The summed E-state index contributed by atoms with van der Waals surface area (Å²) in [6.45, 7) is 1.39. The summed E-state index contributed by atoms with van der Waals surface area (Å²) in [5, 5.41) is 3.16. The summed E-state index contributed by atoms with van der Waals surface area (Å²) >= 11 is 1.83. The van der Waals surface area contributed by atoms with Crippen LogP contribution in [0.2, 0.25) is 0 Å². The van der Waals surface area contributed by atoms with Gasteiger partial charge >= 0.3 is 0 Å². The molecule has 1 aromatic rings. The molecule has 106 valence electrons. The molecule has 0 atom stereocenters. The fourth-order valence-corrected chi connectivity index (χ4v) is 3.65. The summed E-state index contributed by atoms with van der Waals surface area (Å²) < 4.78 is 21.9. The van der Waals surface area contributed by atoms with Crippen molar-refractivity contribution in [2.75, 3.05) is 30.9 Å². The molecule has 0 saturated heterocycles. The fourth-order valence-electron chi connectivity index (χ4n) is 2.26. The molecule has 3 nitrogen and oxygen atoms in total. The highest BCUT2D eigenvalue weighted by atomic mass is 32.2. The van der Waals surface area contributed by atoms with Crippen LogP contribution >= 0.6 is 11.8 Å². The molecule has 1 aliphatic carbocycles. The van der Waals surface area contributed by atoms with E-state index in [0.29, 0.717) is 6.54 Å². The number of fused-ring (bicyclic) bond motifs is 1. The van der Waals surface area contributed by atoms with Gasteiger partial charge in [-0.3, -0.25) is 0 Å². The quantitative estimate of drug-likeness (QED) is 0.617. The van der Waals surface area contributed by atoms with E-state index in [1.807, 2.05) is 11.8 Å². The standard InChI is InChI=1S/C14H21NO2S2/c1-19(16,17)10-8-15-7-9-18-14-6-5-12-3-2-4-13(12)11-14/h5-6,11,15H,2-4,7-10H2,1H3. The van der Waals surface area contributed by atoms with Gasteiger partial charge in [0, 0.05) is 30.0 Å². The van der Waals surface area contributed by atoms with E-state index in [1.54, 1.807) is 0 Å². The lowest BCUT2D eigenvalue weighted by Gasteiger charge is -2.06. The maximum absolute atomic E-state index is 10.9. The predicted octanol–water partition coefficient (Wildman–Crippen LogP) is 1.90. The van der Waals surface area contributed by atoms with Crippen molar-refractivity contribution in [3.8, 4) is 0 Å². The van der Waals surface area contributed by atoms with Crippen LogP contribution in [0.3, 0.4) is 0 Å². The van der Waals surface area contributed by atoms with Crippen LogP contribution in [-0.4, -0.2) is 39.3 Å². The summed E-state index contributed by atoms with van der Waals surface area (Å²) in [6, 6.07) is 6.76. The van der Waals surface area contributed by atoms with E-state index < -0.39 is 9.84 Å². The third-order valence-electron chi connectivity index (χ3n) is 3.27. The molecule has 1 N–H and O–H groups in total. The predicted molar refractivity (Wildman–Crippen MR) is 81.8 cm³/mol. The van der Waals surface area contributed by atoms with Crippen molar-refractivity contribution >= 4 is 21.6 Å². The van der Waals surface area contributed by atoms with Gasteiger partial charge in [0.15, 0.2) is 0 Å². The molecule has 5 heteroatoms. The van der Waals surface area contributed by atoms with Gasteiger partial charge in [-0.2, -0.15) is 0 Å². The van der Waals surface area contributed by atoms with Crippen LogP contribution in [0.25, 0.3) is 0 Å². The molecule has 0 heterocycles. The first kappa shape index (κ1) is 14.9. The normalized spacial score (nSPS) is 14.6. The lowest BCUT2D eigenvalue weighted by atomic mass is 10.1. The Morgan fingerprint density at radius 1 is 1.21 bits per heavy atom. The Morgan fingerprint density at radius 2 is 2.00 bits per heavy atom. The second kappa shape index (κ2) is 6.77.